The second kappa shape index (κ2) is 7.49. The van der Waals surface area contributed by atoms with E-state index in [2.05, 4.69) is 4.98 Å². The molecular formula is C24H20N2O5S. The van der Waals surface area contributed by atoms with Crippen molar-refractivity contribution in [2.24, 2.45) is 0 Å². The van der Waals surface area contributed by atoms with Crippen LogP contribution in [0.5, 0.6) is 11.5 Å². The summed E-state index contributed by atoms with van der Waals surface area (Å²) in [6.07, 6.45) is 1.62. The first-order valence-electron chi connectivity index (χ1n) is 9.98. The molecule has 2 aromatic carbocycles. The van der Waals surface area contributed by atoms with Crippen LogP contribution in [0.4, 0.5) is 5.13 Å². The number of carbonyl (C=O) groups is 1. The van der Waals surface area contributed by atoms with Crippen molar-refractivity contribution in [1.82, 2.24) is 4.98 Å². The van der Waals surface area contributed by atoms with Crippen molar-refractivity contribution in [3.05, 3.63) is 80.1 Å². The van der Waals surface area contributed by atoms with Crippen molar-refractivity contribution in [2.75, 3.05) is 19.1 Å². The summed E-state index contributed by atoms with van der Waals surface area (Å²) in [7, 11) is 3.07. The first-order valence-corrected chi connectivity index (χ1v) is 10.9. The van der Waals surface area contributed by atoms with Gasteiger partial charge in [-0.3, -0.25) is 14.5 Å². The fourth-order valence-corrected chi connectivity index (χ4v) is 4.85. The lowest BCUT2D eigenvalue weighted by Crippen LogP contribution is -2.29. The van der Waals surface area contributed by atoms with Crippen LogP contribution < -0.4 is 19.8 Å². The number of hydrogen-bond acceptors (Lipinski definition) is 7. The van der Waals surface area contributed by atoms with Crippen molar-refractivity contribution in [2.45, 2.75) is 19.9 Å². The molecule has 8 heteroatoms. The number of rotatable bonds is 4. The molecular weight excluding hydrogens is 428 g/mol. The number of aromatic nitrogens is 1. The Labute approximate surface area is 187 Å². The molecule has 0 saturated carbocycles. The second-order valence-electron chi connectivity index (χ2n) is 7.58. The quantitative estimate of drug-likeness (QED) is 0.453. The fraction of sp³-hybridized carbons (Fsp3) is 0.208. The molecule has 0 unspecified atom stereocenters. The molecule has 5 rings (SSSR count). The summed E-state index contributed by atoms with van der Waals surface area (Å²) >= 11 is 1.31. The van der Waals surface area contributed by atoms with Crippen molar-refractivity contribution >= 4 is 33.3 Å². The van der Waals surface area contributed by atoms with Crippen molar-refractivity contribution in [1.29, 1.82) is 0 Å². The predicted octanol–water partition coefficient (Wildman–Crippen LogP) is 4.63. The minimum Gasteiger partial charge on any atom is -0.493 e. The maximum absolute atomic E-state index is 13.8. The van der Waals surface area contributed by atoms with Gasteiger partial charge in [-0.05, 0) is 43.2 Å². The SMILES string of the molecule is COc1cccc([C@@H]2c3c(oc4cc(C)c(C)cc4c3=O)C(=O)N2c2nccs2)c1OC. The van der Waals surface area contributed by atoms with Crippen LogP contribution in [0.1, 0.15) is 38.9 Å². The van der Waals surface area contributed by atoms with Crippen LogP contribution >= 0.6 is 11.3 Å². The molecule has 2 aromatic heterocycles. The number of thiazole rings is 1. The average molecular weight is 449 g/mol. The number of benzene rings is 2. The first-order chi connectivity index (χ1) is 15.5. The normalized spacial score (nSPS) is 15.3. The van der Waals surface area contributed by atoms with E-state index in [0.29, 0.717) is 33.2 Å². The minimum atomic E-state index is -0.768. The number of nitrogens with zero attached hydrogens (tertiary/aromatic N) is 2. The first kappa shape index (κ1) is 20.3. The van der Waals surface area contributed by atoms with Gasteiger partial charge < -0.3 is 13.9 Å². The summed E-state index contributed by atoms with van der Waals surface area (Å²) in [4.78, 5) is 33.2. The number of methoxy groups -OCH3 is 2. The summed E-state index contributed by atoms with van der Waals surface area (Å²) in [6.45, 7) is 3.88. The Morgan fingerprint density at radius 2 is 1.88 bits per heavy atom. The largest absolute Gasteiger partial charge is 0.493 e. The molecule has 1 aliphatic rings. The Kier molecular flexibility index (Phi) is 4.74. The molecule has 0 saturated heterocycles. The third kappa shape index (κ3) is 2.83. The van der Waals surface area contributed by atoms with E-state index in [9.17, 15) is 9.59 Å². The van der Waals surface area contributed by atoms with Gasteiger partial charge in [-0.25, -0.2) is 4.98 Å². The Morgan fingerprint density at radius 1 is 1.09 bits per heavy atom. The molecule has 1 amide bonds. The molecule has 0 spiro atoms. The van der Waals surface area contributed by atoms with E-state index in [-0.39, 0.29) is 16.8 Å². The van der Waals surface area contributed by atoms with Crippen LogP contribution in [0.15, 0.2) is 51.1 Å². The third-order valence-corrected chi connectivity index (χ3v) is 6.61. The lowest BCUT2D eigenvalue weighted by molar-refractivity contribution is 0.0970. The van der Waals surface area contributed by atoms with Crippen molar-refractivity contribution in [3.63, 3.8) is 0 Å². The highest BCUT2D eigenvalue weighted by Gasteiger charge is 2.46. The number of ether oxygens (including phenoxy) is 2. The number of aryl methyl sites for hydroxylation is 2. The molecule has 162 valence electrons. The van der Waals surface area contributed by atoms with Gasteiger partial charge >= 0.3 is 0 Å². The zero-order chi connectivity index (χ0) is 22.6. The molecule has 7 nitrogen and oxygen atoms in total. The molecule has 1 aliphatic heterocycles. The number of amides is 1. The summed E-state index contributed by atoms with van der Waals surface area (Å²) in [6, 6.07) is 8.23. The van der Waals surface area contributed by atoms with Gasteiger partial charge in [-0.1, -0.05) is 12.1 Å². The van der Waals surface area contributed by atoms with Gasteiger partial charge in [0.25, 0.3) is 5.91 Å². The van der Waals surface area contributed by atoms with Crippen molar-refractivity contribution in [3.8, 4) is 11.5 Å². The van der Waals surface area contributed by atoms with Gasteiger partial charge in [0.05, 0.1) is 25.2 Å². The minimum absolute atomic E-state index is 0.0239. The lowest BCUT2D eigenvalue weighted by atomic mass is 9.96. The summed E-state index contributed by atoms with van der Waals surface area (Å²) in [5.74, 6) is 0.557. The standard InChI is InChI=1S/C24H20N2O5S/c1-12-10-15-17(11-13(12)2)31-22-18(20(15)27)19(26(23(22)28)24-25-8-9-32-24)14-6-5-7-16(29-3)21(14)30-4/h5-11,19H,1-4H3/t19-/m1/s1. The van der Waals surface area contributed by atoms with E-state index >= 15 is 0 Å². The molecule has 3 heterocycles. The molecule has 32 heavy (non-hydrogen) atoms. The molecule has 0 aliphatic carbocycles. The van der Waals surface area contributed by atoms with Crippen LogP contribution in [0.25, 0.3) is 11.0 Å². The number of carbonyl (C=O) groups excluding carboxylic acids is 1. The van der Waals surface area contributed by atoms with E-state index in [1.165, 1.54) is 23.3 Å². The van der Waals surface area contributed by atoms with E-state index in [4.69, 9.17) is 13.9 Å². The highest BCUT2D eigenvalue weighted by Crippen LogP contribution is 2.46. The van der Waals surface area contributed by atoms with Gasteiger partial charge in [0.1, 0.15) is 11.6 Å². The van der Waals surface area contributed by atoms with Gasteiger partial charge in [-0.2, -0.15) is 0 Å². The Hall–Kier alpha value is -3.65. The van der Waals surface area contributed by atoms with Crippen LogP contribution in [0.2, 0.25) is 0 Å². The number of para-hydroxylation sites is 1. The number of hydrogen-bond donors (Lipinski definition) is 0. The van der Waals surface area contributed by atoms with Gasteiger partial charge in [-0.15, -0.1) is 11.3 Å². The molecule has 0 N–H and O–H groups in total. The van der Waals surface area contributed by atoms with Crippen molar-refractivity contribution < 1.29 is 18.7 Å². The van der Waals surface area contributed by atoms with E-state index in [0.717, 1.165) is 11.1 Å². The smallest absolute Gasteiger partial charge is 0.297 e. The van der Waals surface area contributed by atoms with E-state index in [1.807, 2.05) is 26.0 Å². The zero-order valence-corrected chi connectivity index (χ0v) is 18.8. The van der Waals surface area contributed by atoms with E-state index < -0.39 is 11.9 Å². The Bertz CT molecular complexity index is 1420. The van der Waals surface area contributed by atoms with Crippen LogP contribution in [-0.2, 0) is 0 Å². The summed E-state index contributed by atoms with van der Waals surface area (Å²) in [5.41, 5.74) is 2.99. The Morgan fingerprint density at radius 3 is 2.56 bits per heavy atom. The highest BCUT2D eigenvalue weighted by atomic mass is 32.1. The van der Waals surface area contributed by atoms with E-state index in [1.54, 1.807) is 36.9 Å². The molecule has 0 fully saturated rings. The number of fused-ring (bicyclic) bond motifs is 2. The molecule has 4 aromatic rings. The zero-order valence-electron chi connectivity index (χ0n) is 18.0. The van der Waals surface area contributed by atoms with Crippen LogP contribution in [-0.4, -0.2) is 25.1 Å². The Balaban J connectivity index is 1.87. The topological polar surface area (TPSA) is 81.9 Å². The fourth-order valence-electron chi connectivity index (χ4n) is 4.18. The molecule has 0 bridgehead atoms. The van der Waals surface area contributed by atoms with Crippen LogP contribution in [0.3, 0.4) is 0 Å². The van der Waals surface area contributed by atoms with Gasteiger partial charge in [0.2, 0.25) is 5.76 Å². The maximum Gasteiger partial charge on any atom is 0.297 e. The highest BCUT2D eigenvalue weighted by molar-refractivity contribution is 7.13. The van der Waals surface area contributed by atoms with Gasteiger partial charge in [0, 0.05) is 17.1 Å². The van der Waals surface area contributed by atoms with Gasteiger partial charge in [0.15, 0.2) is 22.1 Å². The summed E-state index contributed by atoms with van der Waals surface area (Å²) < 4.78 is 17.2. The third-order valence-electron chi connectivity index (χ3n) is 5.84. The monoisotopic (exact) mass is 448 g/mol. The van der Waals surface area contributed by atoms with Crippen LogP contribution in [0, 0.1) is 13.8 Å². The average Bonchev–Trinajstić information content (AvgIpc) is 3.41. The lowest BCUT2D eigenvalue weighted by Gasteiger charge is -2.24. The maximum atomic E-state index is 13.8. The molecule has 0 radical (unpaired) electrons. The number of anilines is 1. The predicted molar refractivity (Wildman–Crippen MR) is 122 cm³/mol. The second-order valence-corrected chi connectivity index (χ2v) is 8.45. The summed E-state index contributed by atoms with van der Waals surface area (Å²) in [5, 5.41) is 2.68. The molecule has 1 atom stereocenters.